The van der Waals surface area contributed by atoms with E-state index in [1.54, 1.807) is 29.7 Å². The van der Waals surface area contributed by atoms with Crippen LogP contribution in [-0.2, 0) is 23.6 Å². The van der Waals surface area contributed by atoms with Crippen molar-refractivity contribution in [2.24, 2.45) is 0 Å². The second kappa shape index (κ2) is 6.29. The number of hydrogen-bond donors (Lipinski definition) is 0. The summed E-state index contributed by atoms with van der Waals surface area (Å²) in [5, 5.41) is 2.95. The van der Waals surface area contributed by atoms with Crippen molar-refractivity contribution >= 4 is 21.8 Å². The zero-order chi connectivity index (χ0) is 14.6. The second-order valence-electron chi connectivity index (χ2n) is 4.22. The zero-order valence-corrected chi connectivity index (χ0v) is 12.3. The van der Waals surface area contributed by atoms with Gasteiger partial charge < -0.3 is 4.18 Å². The molecular weight excluding hydrogens is 303 g/mol. The molecule has 0 saturated heterocycles. The van der Waals surface area contributed by atoms with Crippen LogP contribution in [0.4, 0.5) is 3.89 Å². The monoisotopic (exact) mass is 316 g/mol. The highest BCUT2D eigenvalue weighted by Gasteiger charge is 2.09. The first kappa shape index (κ1) is 14.9. The molecule has 0 unspecified atom stereocenters. The van der Waals surface area contributed by atoms with Crippen LogP contribution in [0.3, 0.4) is 0 Å². The number of halogens is 1. The molecule has 2 rings (SSSR count). The Labute approximate surface area is 121 Å². The first-order valence-electron chi connectivity index (χ1n) is 5.72. The molecule has 1 aromatic carbocycles. The third-order valence-electron chi connectivity index (χ3n) is 2.46. The van der Waals surface area contributed by atoms with E-state index in [4.69, 9.17) is 0 Å². The molecule has 0 aliphatic carbocycles. The summed E-state index contributed by atoms with van der Waals surface area (Å²) in [6.45, 7) is 1.40. The van der Waals surface area contributed by atoms with Crippen LogP contribution in [0.5, 0.6) is 5.75 Å². The van der Waals surface area contributed by atoms with E-state index in [0.29, 0.717) is 6.54 Å². The molecule has 0 saturated carbocycles. The van der Waals surface area contributed by atoms with Crippen molar-refractivity contribution in [3.8, 4) is 5.75 Å². The van der Waals surface area contributed by atoms with Gasteiger partial charge in [-0.2, -0.15) is 8.42 Å². The lowest BCUT2D eigenvalue weighted by atomic mass is 10.2. The van der Waals surface area contributed by atoms with Crippen LogP contribution < -0.4 is 4.18 Å². The minimum absolute atomic E-state index is 0.0428. The van der Waals surface area contributed by atoms with Crippen molar-refractivity contribution in [3.63, 3.8) is 0 Å². The van der Waals surface area contributed by atoms with Crippen molar-refractivity contribution in [1.29, 1.82) is 0 Å². The van der Waals surface area contributed by atoms with Crippen LogP contribution in [0, 0.1) is 0 Å². The third-order valence-corrected chi connectivity index (χ3v) is 3.62. The van der Waals surface area contributed by atoms with Crippen molar-refractivity contribution in [2.45, 2.75) is 13.1 Å². The van der Waals surface area contributed by atoms with Gasteiger partial charge >= 0.3 is 10.5 Å². The third kappa shape index (κ3) is 4.87. The Kier molecular flexibility index (Phi) is 4.69. The maximum Gasteiger partial charge on any atom is 0.488 e. The lowest BCUT2D eigenvalue weighted by Gasteiger charge is -2.15. The molecule has 5 nitrogen and oxygen atoms in total. The van der Waals surface area contributed by atoms with Gasteiger partial charge in [0, 0.05) is 18.1 Å². The van der Waals surface area contributed by atoms with Gasteiger partial charge in [-0.25, -0.2) is 4.98 Å². The summed E-state index contributed by atoms with van der Waals surface area (Å²) in [7, 11) is -3.01. The smallest absolute Gasteiger partial charge is 0.358 e. The second-order valence-corrected chi connectivity index (χ2v) is 6.15. The van der Waals surface area contributed by atoms with Gasteiger partial charge in [-0.05, 0) is 24.7 Å². The Balaban J connectivity index is 1.93. The SMILES string of the molecule is CN(Cc1ccc(OS(=O)(=O)F)cc1)Cc1nccs1. The fraction of sp³-hybridized carbons (Fsp3) is 0.250. The van der Waals surface area contributed by atoms with Gasteiger partial charge in [0.05, 0.1) is 6.54 Å². The minimum Gasteiger partial charge on any atom is -0.358 e. The van der Waals surface area contributed by atoms with Crippen molar-refractivity contribution < 1.29 is 16.5 Å². The number of aromatic nitrogens is 1. The highest BCUT2D eigenvalue weighted by molar-refractivity contribution is 7.81. The van der Waals surface area contributed by atoms with Crippen LogP contribution in [0.25, 0.3) is 0 Å². The molecule has 2 aromatic rings. The molecule has 20 heavy (non-hydrogen) atoms. The van der Waals surface area contributed by atoms with Crippen LogP contribution >= 0.6 is 11.3 Å². The van der Waals surface area contributed by atoms with Gasteiger partial charge in [0.15, 0.2) is 0 Å². The van der Waals surface area contributed by atoms with Crippen LogP contribution in [0.15, 0.2) is 35.8 Å². The Morgan fingerprint density at radius 1 is 1.30 bits per heavy atom. The minimum atomic E-state index is -4.96. The Hall–Kier alpha value is -1.51. The van der Waals surface area contributed by atoms with E-state index >= 15 is 0 Å². The van der Waals surface area contributed by atoms with E-state index in [-0.39, 0.29) is 5.75 Å². The normalized spacial score (nSPS) is 11.8. The van der Waals surface area contributed by atoms with E-state index in [1.807, 2.05) is 12.4 Å². The number of hydrogen-bond acceptors (Lipinski definition) is 6. The maximum absolute atomic E-state index is 12.3. The predicted octanol–water partition coefficient (Wildman–Crippen LogP) is 2.37. The molecule has 0 aliphatic rings. The molecule has 0 fully saturated rings. The average Bonchev–Trinajstić information content (AvgIpc) is 2.82. The lowest BCUT2D eigenvalue weighted by molar-refractivity contribution is 0.318. The average molecular weight is 316 g/mol. The molecule has 0 aliphatic heterocycles. The molecule has 0 atom stereocenters. The standard InChI is InChI=1S/C12H13FN2O3S2/c1-15(9-12-14-6-7-19-12)8-10-2-4-11(5-3-10)18-20(13,16)17/h2-7H,8-9H2,1H3. The van der Waals surface area contributed by atoms with Gasteiger partial charge in [-0.3, -0.25) is 4.90 Å². The largest absolute Gasteiger partial charge is 0.488 e. The summed E-state index contributed by atoms with van der Waals surface area (Å²) in [6, 6.07) is 6.23. The summed E-state index contributed by atoms with van der Waals surface area (Å²) < 4.78 is 37.1. The lowest BCUT2D eigenvalue weighted by Crippen LogP contribution is -2.17. The highest BCUT2D eigenvalue weighted by atomic mass is 32.3. The highest BCUT2D eigenvalue weighted by Crippen LogP contribution is 2.16. The molecule has 0 N–H and O–H groups in total. The van der Waals surface area contributed by atoms with Crippen LogP contribution in [-0.4, -0.2) is 25.3 Å². The first-order valence-corrected chi connectivity index (χ1v) is 7.91. The van der Waals surface area contributed by atoms with E-state index in [2.05, 4.69) is 14.1 Å². The molecule has 1 aromatic heterocycles. The number of thiazole rings is 1. The van der Waals surface area contributed by atoms with Crippen LogP contribution in [0.2, 0.25) is 0 Å². The van der Waals surface area contributed by atoms with Gasteiger partial charge in [0.25, 0.3) is 0 Å². The molecule has 8 heteroatoms. The van der Waals surface area contributed by atoms with E-state index in [0.717, 1.165) is 17.1 Å². The predicted molar refractivity (Wildman–Crippen MR) is 74.4 cm³/mol. The summed E-state index contributed by atoms with van der Waals surface area (Å²) in [5.74, 6) is -0.0428. The Bertz CT molecular complexity index is 642. The van der Waals surface area contributed by atoms with Gasteiger partial charge in [-0.15, -0.1) is 11.3 Å². The number of rotatable bonds is 6. The summed E-state index contributed by atoms with van der Waals surface area (Å²) in [5.41, 5.74) is 0.965. The maximum atomic E-state index is 12.3. The number of benzene rings is 1. The molecule has 1 heterocycles. The topological polar surface area (TPSA) is 59.5 Å². The Morgan fingerprint density at radius 2 is 2.00 bits per heavy atom. The fourth-order valence-corrected chi connectivity index (χ4v) is 2.73. The van der Waals surface area contributed by atoms with Crippen molar-refractivity contribution in [2.75, 3.05) is 7.05 Å². The zero-order valence-electron chi connectivity index (χ0n) is 10.7. The van der Waals surface area contributed by atoms with Gasteiger partial charge in [0.2, 0.25) is 0 Å². The molecule has 0 radical (unpaired) electrons. The molecule has 0 spiro atoms. The number of nitrogens with zero attached hydrogens (tertiary/aromatic N) is 2. The van der Waals surface area contributed by atoms with Crippen molar-refractivity contribution in [3.05, 3.63) is 46.4 Å². The van der Waals surface area contributed by atoms with E-state index in [1.165, 1.54) is 12.1 Å². The van der Waals surface area contributed by atoms with Crippen molar-refractivity contribution in [1.82, 2.24) is 9.88 Å². The quantitative estimate of drug-likeness (QED) is 0.766. The van der Waals surface area contributed by atoms with Gasteiger partial charge in [0.1, 0.15) is 10.8 Å². The van der Waals surface area contributed by atoms with Crippen LogP contribution in [0.1, 0.15) is 10.6 Å². The van der Waals surface area contributed by atoms with E-state index < -0.39 is 10.5 Å². The fourth-order valence-electron chi connectivity index (χ4n) is 1.69. The molecule has 108 valence electrons. The first-order chi connectivity index (χ1) is 9.42. The summed E-state index contributed by atoms with van der Waals surface area (Å²) in [6.07, 6.45) is 1.76. The summed E-state index contributed by atoms with van der Waals surface area (Å²) >= 11 is 1.59. The molecular formula is C12H13FN2O3S2. The summed E-state index contributed by atoms with van der Waals surface area (Å²) in [4.78, 5) is 6.27. The van der Waals surface area contributed by atoms with E-state index in [9.17, 15) is 12.3 Å². The van der Waals surface area contributed by atoms with Gasteiger partial charge in [-0.1, -0.05) is 16.0 Å². The molecule has 0 bridgehead atoms. The molecule has 0 amide bonds. The Morgan fingerprint density at radius 3 is 2.55 bits per heavy atom.